The van der Waals surface area contributed by atoms with Crippen molar-refractivity contribution in [2.45, 2.75) is 38.0 Å². The number of hydrogen-bond acceptors (Lipinski definition) is 8. The number of carbonyl (C=O) groups excluding carboxylic acids is 1. The number of likely N-dealkylation sites (tertiary alicyclic amines) is 1. The molecular weight excluding hydrogens is 446 g/mol. The van der Waals surface area contributed by atoms with E-state index in [0.29, 0.717) is 66.8 Å². The van der Waals surface area contributed by atoms with Gasteiger partial charge in [0.25, 0.3) is 5.56 Å². The van der Waals surface area contributed by atoms with Crippen molar-refractivity contribution in [3.05, 3.63) is 58.7 Å². The highest BCUT2D eigenvalue weighted by Crippen LogP contribution is 2.31. The van der Waals surface area contributed by atoms with Crippen molar-refractivity contribution in [1.82, 2.24) is 39.6 Å². The van der Waals surface area contributed by atoms with Crippen LogP contribution in [-0.2, 0) is 18.3 Å². The molecule has 0 atom stereocenters. The maximum atomic E-state index is 12.8. The number of hydrogen-bond donors (Lipinski definition) is 2. The molecule has 4 aromatic rings. The molecule has 1 amide bonds. The van der Waals surface area contributed by atoms with E-state index in [9.17, 15) is 9.59 Å². The number of carbonyl (C=O) groups is 1. The van der Waals surface area contributed by atoms with Gasteiger partial charge in [0.15, 0.2) is 11.5 Å². The van der Waals surface area contributed by atoms with Gasteiger partial charge < -0.3 is 15.6 Å². The summed E-state index contributed by atoms with van der Waals surface area (Å²) in [6, 6.07) is 3.78. The summed E-state index contributed by atoms with van der Waals surface area (Å²) in [6.07, 6.45) is 9.97. The Morgan fingerprint density at radius 2 is 1.94 bits per heavy atom. The zero-order chi connectivity index (χ0) is 24.4. The summed E-state index contributed by atoms with van der Waals surface area (Å²) < 4.78 is 1.58. The molecule has 1 aliphatic heterocycles. The van der Waals surface area contributed by atoms with Crippen LogP contribution in [0.3, 0.4) is 0 Å². The van der Waals surface area contributed by atoms with E-state index in [1.165, 1.54) is 6.20 Å². The van der Waals surface area contributed by atoms with Gasteiger partial charge in [0.2, 0.25) is 5.91 Å². The third kappa shape index (κ3) is 4.75. The molecule has 0 unspecified atom stereocenters. The number of aromatic amines is 1. The van der Waals surface area contributed by atoms with E-state index in [1.54, 1.807) is 30.2 Å². The lowest BCUT2D eigenvalue weighted by Gasteiger charge is -2.32. The highest BCUT2D eigenvalue weighted by molar-refractivity contribution is 5.76. The maximum Gasteiger partial charge on any atom is 0.262 e. The third-order valence-corrected chi connectivity index (χ3v) is 6.52. The molecule has 0 aromatic carbocycles. The summed E-state index contributed by atoms with van der Waals surface area (Å²) >= 11 is 0. The molecule has 1 fully saturated rings. The zero-order valence-electron chi connectivity index (χ0n) is 19.5. The van der Waals surface area contributed by atoms with Gasteiger partial charge in [0.1, 0.15) is 17.0 Å². The molecule has 0 bridgehead atoms. The lowest BCUT2D eigenvalue weighted by molar-refractivity contribution is -0.132. The van der Waals surface area contributed by atoms with Gasteiger partial charge in [-0.2, -0.15) is 5.10 Å². The van der Waals surface area contributed by atoms with Crippen LogP contribution < -0.4 is 11.3 Å². The van der Waals surface area contributed by atoms with Crippen molar-refractivity contribution in [3.63, 3.8) is 0 Å². The molecule has 11 heteroatoms. The number of anilines is 1. The highest BCUT2D eigenvalue weighted by Gasteiger charge is 2.24. The van der Waals surface area contributed by atoms with Gasteiger partial charge in [0, 0.05) is 51.6 Å². The van der Waals surface area contributed by atoms with E-state index in [2.05, 4.69) is 30.0 Å². The molecule has 0 saturated carbocycles. The smallest absolute Gasteiger partial charge is 0.262 e. The first-order valence-corrected chi connectivity index (χ1v) is 11.7. The number of aryl methyl sites for hydroxylation is 2. The summed E-state index contributed by atoms with van der Waals surface area (Å²) in [6.45, 7) is 1.39. The Morgan fingerprint density at radius 3 is 2.71 bits per heavy atom. The van der Waals surface area contributed by atoms with Gasteiger partial charge in [-0.3, -0.25) is 14.3 Å². The number of rotatable bonds is 6. The number of piperidine rings is 1. The molecule has 35 heavy (non-hydrogen) atoms. The standard InChI is InChI=1S/C24H27N9O2/c1-32-23-18(14-29-32)24(35)31-19(30-23)4-2-5-20(34)33-10-6-15(7-11-33)16-12-17(21(25)28-13-16)22-26-8-3-9-27-22/h3,8-9,12-15H,2,4-7,10-11H2,1H3,(H2,25,28)(H,30,31,35). The molecule has 5 heterocycles. The quantitative estimate of drug-likeness (QED) is 0.431. The molecule has 11 nitrogen and oxygen atoms in total. The van der Waals surface area contributed by atoms with Gasteiger partial charge in [0.05, 0.1) is 11.8 Å². The normalized spacial score (nSPS) is 14.5. The van der Waals surface area contributed by atoms with E-state index < -0.39 is 0 Å². The summed E-state index contributed by atoms with van der Waals surface area (Å²) in [7, 11) is 1.75. The van der Waals surface area contributed by atoms with E-state index in [-0.39, 0.29) is 11.5 Å². The summed E-state index contributed by atoms with van der Waals surface area (Å²) in [5, 5.41) is 4.54. The second kappa shape index (κ2) is 9.61. The molecule has 0 aliphatic carbocycles. The second-order valence-electron chi connectivity index (χ2n) is 8.80. The second-order valence-corrected chi connectivity index (χ2v) is 8.80. The van der Waals surface area contributed by atoms with Crippen LogP contribution in [-0.4, -0.2) is 58.6 Å². The van der Waals surface area contributed by atoms with Crippen LogP contribution in [0.5, 0.6) is 0 Å². The van der Waals surface area contributed by atoms with E-state index in [0.717, 1.165) is 24.0 Å². The third-order valence-electron chi connectivity index (χ3n) is 6.52. The van der Waals surface area contributed by atoms with Crippen molar-refractivity contribution in [3.8, 4) is 11.4 Å². The molecule has 3 N–H and O–H groups in total. The van der Waals surface area contributed by atoms with Crippen molar-refractivity contribution >= 4 is 22.8 Å². The van der Waals surface area contributed by atoms with Crippen molar-refractivity contribution in [2.24, 2.45) is 7.05 Å². The van der Waals surface area contributed by atoms with Crippen molar-refractivity contribution < 1.29 is 4.79 Å². The SMILES string of the molecule is Cn1ncc2c(=O)[nH]c(CCCC(=O)N3CCC(c4cnc(N)c(-c5ncccn5)c4)CC3)nc21. The molecule has 180 valence electrons. The van der Waals surface area contributed by atoms with Crippen LogP contribution in [0.4, 0.5) is 5.82 Å². The molecule has 0 radical (unpaired) electrons. The van der Waals surface area contributed by atoms with Gasteiger partial charge in [-0.1, -0.05) is 0 Å². The fourth-order valence-corrected chi connectivity index (χ4v) is 4.56. The number of nitrogens with zero attached hydrogens (tertiary/aromatic N) is 7. The summed E-state index contributed by atoms with van der Waals surface area (Å²) in [5.41, 5.74) is 8.24. The topological polar surface area (TPSA) is 149 Å². The minimum Gasteiger partial charge on any atom is -0.383 e. The Labute approximate surface area is 201 Å². The van der Waals surface area contributed by atoms with E-state index >= 15 is 0 Å². The number of nitrogen functional groups attached to an aromatic ring is 1. The van der Waals surface area contributed by atoms with Gasteiger partial charge in [-0.15, -0.1) is 0 Å². The average Bonchev–Trinajstić information content (AvgIpc) is 3.26. The molecule has 5 rings (SSSR count). The van der Waals surface area contributed by atoms with E-state index in [4.69, 9.17) is 5.73 Å². The lowest BCUT2D eigenvalue weighted by atomic mass is 9.89. The van der Waals surface area contributed by atoms with Crippen LogP contribution in [0.25, 0.3) is 22.4 Å². The molecule has 1 aliphatic rings. The van der Waals surface area contributed by atoms with Crippen LogP contribution in [0.2, 0.25) is 0 Å². The predicted molar refractivity (Wildman–Crippen MR) is 130 cm³/mol. The Morgan fingerprint density at radius 1 is 1.17 bits per heavy atom. The fraction of sp³-hybridized carbons (Fsp3) is 0.375. The molecule has 0 spiro atoms. The Bertz CT molecular complexity index is 1410. The van der Waals surface area contributed by atoms with Gasteiger partial charge in [-0.25, -0.2) is 19.9 Å². The lowest BCUT2D eigenvalue weighted by Crippen LogP contribution is -2.37. The number of aromatic nitrogens is 7. The molecule has 1 saturated heterocycles. The largest absolute Gasteiger partial charge is 0.383 e. The molecule has 4 aromatic heterocycles. The minimum atomic E-state index is -0.203. The van der Waals surface area contributed by atoms with Gasteiger partial charge >= 0.3 is 0 Å². The van der Waals surface area contributed by atoms with Crippen LogP contribution in [0.15, 0.2) is 41.7 Å². The summed E-state index contributed by atoms with van der Waals surface area (Å²) in [4.78, 5) is 47.1. The Balaban J connectivity index is 1.16. The highest BCUT2D eigenvalue weighted by atomic mass is 16.2. The number of amides is 1. The van der Waals surface area contributed by atoms with Crippen LogP contribution >= 0.6 is 0 Å². The van der Waals surface area contributed by atoms with Gasteiger partial charge in [-0.05, 0) is 42.9 Å². The van der Waals surface area contributed by atoms with E-state index in [1.807, 2.05) is 17.2 Å². The first-order valence-electron chi connectivity index (χ1n) is 11.7. The Kier molecular flexibility index (Phi) is 6.21. The number of fused-ring (bicyclic) bond motifs is 1. The van der Waals surface area contributed by atoms with Crippen molar-refractivity contribution in [2.75, 3.05) is 18.8 Å². The predicted octanol–water partition coefficient (Wildman–Crippen LogP) is 1.82. The average molecular weight is 474 g/mol. The maximum absolute atomic E-state index is 12.8. The number of H-pyrrole nitrogens is 1. The number of nitrogens with one attached hydrogen (secondary N) is 1. The monoisotopic (exact) mass is 473 g/mol. The van der Waals surface area contributed by atoms with Crippen molar-refractivity contribution in [1.29, 1.82) is 0 Å². The molecular formula is C24H27N9O2. The fourth-order valence-electron chi connectivity index (χ4n) is 4.56. The summed E-state index contributed by atoms with van der Waals surface area (Å²) in [5.74, 6) is 1.97. The number of pyridine rings is 1. The van der Waals surface area contributed by atoms with Crippen LogP contribution in [0.1, 0.15) is 43.0 Å². The van der Waals surface area contributed by atoms with Crippen LogP contribution in [0, 0.1) is 0 Å². The zero-order valence-corrected chi connectivity index (χ0v) is 19.5. The first-order chi connectivity index (χ1) is 17.0. The number of nitrogens with two attached hydrogens (primary N) is 1. The Hall–Kier alpha value is -4.15. The minimum absolute atomic E-state index is 0.126. The first kappa shape index (κ1) is 22.6.